The minimum absolute atomic E-state index is 0.897. The van der Waals surface area contributed by atoms with E-state index in [9.17, 15) is 0 Å². The van der Waals surface area contributed by atoms with Crippen LogP contribution in [0.4, 0.5) is 0 Å². The lowest BCUT2D eigenvalue weighted by Gasteiger charge is -2.18. The van der Waals surface area contributed by atoms with Gasteiger partial charge in [-0.2, -0.15) is 0 Å². The molecular formula is C12H13BrO2. The molecular weight excluding hydrogens is 256 g/mol. The molecule has 2 rings (SSSR count). The molecule has 15 heavy (non-hydrogen) atoms. The van der Waals surface area contributed by atoms with Crippen molar-refractivity contribution in [3.05, 3.63) is 27.7 Å². The van der Waals surface area contributed by atoms with Gasteiger partial charge in [-0.3, -0.25) is 0 Å². The molecule has 1 aromatic carbocycles. The molecule has 1 aliphatic rings. The Balaban J connectivity index is 2.66. The van der Waals surface area contributed by atoms with Crippen LogP contribution in [0.1, 0.15) is 17.5 Å². The zero-order valence-corrected chi connectivity index (χ0v) is 10.4. The van der Waals surface area contributed by atoms with Crippen molar-refractivity contribution in [2.75, 3.05) is 14.2 Å². The van der Waals surface area contributed by atoms with Crippen molar-refractivity contribution in [3.8, 4) is 11.5 Å². The van der Waals surface area contributed by atoms with Crippen LogP contribution in [0.15, 0.2) is 16.6 Å². The maximum absolute atomic E-state index is 5.41. The van der Waals surface area contributed by atoms with Crippen LogP contribution in [0.25, 0.3) is 6.08 Å². The zero-order valence-electron chi connectivity index (χ0n) is 8.84. The van der Waals surface area contributed by atoms with E-state index in [0.29, 0.717) is 0 Å². The van der Waals surface area contributed by atoms with E-state index in [1.165, 1.54) is 5.56 Å². The van der Waals surface area contributed by atoms with Crippen molar-refractivity contribution in [3.63, 3.8) is 0 Å². The van der Waals surface area contributed by atoms with Gasteiger partial charge in [-0.25, -0.2) is 0 Å². The van der Waals surface area contributed by atoms with Crippen molar-refractivity contribution in [1.29, 1.82) is 0 Å². The number of hydrogen-bond acceptors (Lipinski definition) is 2. The fourth-order valence-electron chi connectivity index (χ4n) is 1.92. The smallest absolute Gasteiger partial charge is 0.137 e. The third-order valence-electron chi connectivity index (χ3n) is 2.61. The van der Waals surface area contributed by atoms with Crippen LogP contribution in [-0.2, 0) is 6.42 Å². The summed E-state index contributed by atoms with van der Waals surface area (Å²) < 4.78 is 11.7. The highest BCUT2D eigenvalue weighted by molar-refractivity contribution is 9.10. The van der Waals surface area contributed by atoms with Crippen LogP contribution in [-0.4, -0.2) is 14.2 Å². The van der Waals surface area contributed by atoms with E-state index in [1.54, 1.807) is 14.2 Å². The molecule has 0 atom stereocenters. The van der Waals surface area contributed by atoms with Crippen LogP contribution in [0.3, 0.4) is 0 Å². The maximum atomic E-state index is 5.41. The van der Waals surface area contributed by atoms with E-state index in [2.05, 4.69) is 28.1 Å². The molecule has 1 aliphatic carbocycles. The van der Waals surface area contributed by atoms with Crippen molar-refractivity contribution in [1.82, 2.24) is 0 Å². The van der Waals surface area contributed by atoms with Gasteiger partial charge in [0.05, 0.1) is 18.7 Å². The fraction of sp³-hybridized carbons (Fsp3) is 0.333. The Hall–Kier alpha value is -0.960. The topological polar surface area (TPSA) is 18.5 Å². The van der Waals surface area contributed by atoms with E-state index in [4.69, 9.17) is 9.47 Å². The second kappa shape index (κ2) is 4.27. The molecule has 1 aromatic rings. The van der Waals surface area contributed by atoms with E-state index in [0.717, 1.165) is 34.4 Å². The molecule has 0 heterocycles. The second-order valence-electron chi connectivity index (χ2n) is 3.43. The number of ether oxygens (including phenoxy) is 2. The third kappa shape index (κ3) is 1.76. The number of allylic oxidation sites excluding steroid dienone is 1. The van der Waals surface area contributed by atoms with Crippen LogP contribution in [0, 0.1) is 0 Å². The predicted molar refractivity (Wildman–Crippen MR) is 64.6 cm³/mol. The van der Waals surface area contributed by atoms with Gasteiger partial charge in [0.15, 0.2) is 0 Å². The summed E-state index contributed by atoms with van der Waals surface area (Å²) in [6, 6.07) is 1.95. The van der Waals surface area contributed by atoms with Crippen LogP contribution in [0.5, 0.6) is 11.5 Å². The molecule has 0 saturated carbocycles. The molecule has 0 bridgehead atoms. The van der Waals surface area contributed by atoms with Gasteiger partial charge in [0.2, 0.25) is 0 Å². The molecule has 3 heteroatoms. The highest BCUT2D eigenvalue weighted by atomic mass is 79.9. The van der Waals surface area contributed by atoms with Crippen molar-refractivity contribution in [2.45, 2.75) is 12.8 Å². The highest BCUT2D eigenvalue weighted by Gasteiger charge is 2.18. The lowest BCUT2D eigenvalue weighted by Crippen LogP contribution is -2.02. The van der Waals surface area contributed by atoms with Gasteiger partial charge in [0.25, 0.3) is 0 Å². The van der Waals surface area contributed by atoms with Gasteiger partial charge >= 0.3 is 0 Å². The number of benzene rings is 1. The lowest BCUT2D eigenvalue weighted by atomic mass is 9.95. The van der Waals surface area contributed by atoms with Crippen LogP contribution in [0.2, 0.25) is 0 Å². The van der Waals surface area contributed by atoms with E-state index in [1.807, 2.05) is 6.07 Å². The quantitative estimate of drug-likeness (QED) is 0.819. The molecule has 0 aromatic heterocycles. The maximum Gasteiger partial charge on any atom is 0.137 e. The van der Waals surface area contributed by atoms with E-state index in [-0.39, 0.29) is 0 Å². The predicted octanol–water partition coefficient (Wildman–Crippen LogP) is 3.43. The van der Waals surface area contributed by atoms with Crippen LogP contribution >= 0.6 is 15.9 Å². The summed E-state index contributed by atoms with van der Waals surface area (Å²) in [5, 5.41) is 0. The monoisotopic (exact) mass is 268 g/mol. The average molecular weight is 269 g/mol. The Bertz CT molecular complexity index is 411. The molecule has 80 valence electrons. The summed E-state index contributed by atoms with van der Waals surface area (Å²) in [6.07, 6.45) is 6.33. The first-order valence-corrected chi connectivity index (χ1v) is 5.67. The first-order valence-electron chi connectivity index (χ1n) is 4.87. The third-order valence-corrected chi connectivity index (χ3v) is 3.20. The van der Waals surface area contributed by atoms with Gasteiger partial charge in [0.1, 0.15) is 11.5 Å². The minimum atomic E-state index is 0.897. The Kier molecular flexibility index (Phi) is 3.00. The first kappa shape index (κ1) is 10.6. The van der Waals surface area contributed by atoms with Gasteiger partial charge in [0, 0.05) is 11.1 Å². The first-order chi connectivity index (χ1) is 7.27. The zero-order chi connectivity index (χ0) is 10.8. The van der Waals surface area contributed by atoms with Gasteiger partial charge < -0.3 is 9.47 Å². The number of hydrogen-bond donors (Lipinski definition) is 0. The molecule has 0 amide bonds. The summed E-state index contributed by atoms with van der Waals surface area (Å²) in [5.74, 6) is 1.82. The Morgan fingerprint density at radius 2 is 2.07 bits per heavy atom. The molecule has 0 unspecified atom stereocenters. The minimum Gasteiger partial charge on any atom is -0.496 e. The van der Waals surface area contributed by atoms with Gasteiger partial charge in [-0.1, -0.05) is 12.2 Å². The average Bonchev–Trinajstić information content (AvgIpc) is 2.28. The van der Waals surface area contributed by atoms with Crippen molar-refractivity contribution < 1.29 is 9.47 Å². The molecule has 0 radical (unpaired) electrons. The van der Waals surface area contributed by atoms with Gasteiger partial charge in [-0.15, -0.1) is 0 Å². The summed E-state index contributed by atoms with van der Waals surface area (Å²) in [6.45, 7) is 0. The summed E-state index contributed by atoms with van der Waals surface area (Å²) in [5.41, 5.74) is 2.37. The van der Waals surface area contributed by atoms with Gasteiger partial charge in [-0.05, 0) is 34.8 Å². The van der Waals surface area contributed by atoms with E-state index < -0.39 is 0 Å². The van der Waals surface area contributed by atoms with Crippen molar-refractivity contribution in [2.24, 2.45) is 0 Å². The Morgan fingerprint density at radius 1 is 1.27 bits per heavy atom. The van der Waals surface area contributed by atoms with Crippen molar-refractivity contribution >= 4 is 22.0 Å². The number of halogens is 1. The number of fused-ring (bicyclic) bond motifs is 1. The number of rotatable bonds is 2. The lowest BCUT2D eigenvalue weighted by molar-refractivity contribution is 0.395. The summed E-state index contributed by atoms with van der Waals surface area (Å²) in [4.78, 5) is 0. The second-order valence-corrected chi connectivity index (χ2v) is 4.28. The largest absolute Gasteiger partial charge is 0.496 e. The molecule has 0 saturated heterocycles. The van der Waals surface area contributed by atoms with E-state index >= 15 is 0 Å². The summed E-state index contributed by atoms with van der Waals surface area (Å²) >= 11 is 3.50. The summed E-state index contributed by atoms with van der Waals surface area (Å²) in [7, 11) is 3.39. The highest BCUT2D eigenvalue weighted by Crippen LogP contribution is 2.40. The normalized spacial score (nSPS) is 13.5. The number of methoxy groups -OCH3 is 2. The molecule has 0 spiro atoms. The molecule has 0 N–H and O–H groups in total. The molecule has 0 fully saturated rings. The fourth-order valence-corrected chi connectivity index (χ4v) is 2.53. The standard InChI is InChI=1S/C12H13BrO2/c1-14-11-7-10(13)12(15-2)9-6-4-3-5-8(9)11/h3,5,7H,4,6H2,1-2H3. The van der Waals surface area contributed by atoms with Crippen LogP contribution < -0.4 is 9.47 Å². The SMILES string of the molecule is COc1cc(Br)c(OC)c2c1C=CCC2. The molecule has 0 aliphatic heterocycles. The Labute approximate surface area is 98.0 Å². The molecule has 2 nitrogen and oxygen atoms in total. The Morgan fingerprint density at radius 3 is 2.73 bits per heavy atom.